The lowest BCUT2D eigenvalue weighted by atomic mass is 9.97. The summed E-state index contributed by atoms with van der Waals surface area (Å²) < 4.78 is 0. The normalized spacial score (nSPS) is 19.1. The summed E-state index contributed by atoms with van der Waals surface area (Å²) in [5.41, 5.74) is 1.44. The van der Waals surface area contributed by atoms with Crippen molar-refractivity contribution >= 4 is 0 Å². The highest BCUT2D eigenvalue weighted by Gasteiger charge is 2.16. The predicted molar refractivity (Wildman–Crippen MR) is 68.1 cm³/mol. The van der Waals surface area contributed by atoms with Crippen molar-refractivity contribution in [1.29, 1.82) is 0 Å². The zero-order valence-electron chi connectivity index (χ0n) is 10.7. The van der Waals surface area contributed by atoms with Crippen LogP contribution in [0.1, 0.15) is 59.3 Å². The van der Waals surface area contributed by atoms with Gasteiger partial charge in [0.2, 0.25) is 0 Å². The molecule has 1 unspecified atom stereocenters. The van der Waals surface area contributed by atoms with Gasteiger partial charge in [0.1, 0.15) is 0 Å². The van der Waals surface area contributed by atoms with E-state index in [0.717, 1.165) is 12.5 Å². The quantitative estimate of drug-likeness (QED) is 0.654. The van der Waals surface area contributed by atoms with E-state index in [9.17, 15) is 0 Å². The fourth-order valence-electron chi connectivity index (χ4n) is 2.62. The number of allylic oxidation sites excluding steroid dienone is 1. The van der Waals surface area contributed by atoms with Gasteiger partial charge in [0.05, 0.1) is 0 Å². The number of nitrogens with one attached hydrogen (secondary N) is 1. The van der Waals surface area contributed by atoms with Crippen molar-refractivity contribution in [3.8, 4) is 0 Å². The topological polar surface area (TPSA) is 12.0 Å². The van der Waals surface area contributed by atoms with E-state index in [0.29, 0.717) is 6.04 Å². The van der Waals surface area contributed by atoms with Crippen LogP contribution in [0.3, 0.4) is 0 Å². The summed E-state index contributed by atoms with van der Waals surface area (Å²) in [6.45, 7) is 7.67. The van der Waals surface area contributed by atoms with Gasteiger partial charge in [0.15, 0.2) is 0 Å². The molecule has 1 N–H and O–H groups in total. The van der Waals surface area contributed by atoms with E-state index in [2.05, 4.69) is 32.2 Å². The molecule has 0 spiro atoms. The summed E-state index contributed by atoms with van der Waals surface area (Å²) in [6, 6.07) is 0.612. The van der Waals surface area contributed by atoms with Gasteiger partial charge in [-0.05, 0) is 39.2 Å². The first kappa shape index (κ1) is 12.8. The Labute approximate surface area is 95.3 Å². The Hall–Kier alpha value is -0.300. The van der Waals surface area contributed by atoms with Crippen molar-refractivity contribution < 1.29 is 0 Å². The van der Waals surface area contributed by atoms with E-state index in [1.54, 1.807) is 0 Å². The SMILES string of the molecule is CCNC(C=C(C)C)CCC1CCCC1. The number of hydrogen-bond acceptors (Lipinski definition) is 1. The van der Waals surface area contributed by atoms with E-state index in [-0.39, 0.29) is 0 Å². The standard InChI is InChI=1S/C14H27N/c1-4-15-14(11-12(2)3)10-9-13-7-5-6-8-13/h11,13-15H,4-10H2,1-3H3. The van der Waals surface area contributed by atoms with Crippen LogP contribution >= 0.6 is 0 Å². The van der Waals surface area contributed by atoms with Gasteiger partial charge in [-0.15, -0.1) is 0 Å². The minimum Gasteiger partial charge on any atom is -0.311 e. The molecule has 1 saturated carbocycles. The molecular weight excluding hydrogens is 182 g/mol. The third kappa shape index (κ3) is 5.36. The molecule has 1 heteroatoms. The Bertz CT molecular complexity index is 186. The van der Waals surface area contributed by atoms with Crippen LogP contribution in [-0.4, -0.2) is 12.6 Å². The number of hydrogen-bond donors (Lipinski definition) is 1. The highest BCUT2D eigenvalue weighted by molar-refractivity contribution is 5.01. The van der Waals surface area contributed by atoms with Crippen LogP contribution in [0.5, 0.6) is 0 Å². The molecule has 0 aromatic carbocycles. The Kier molecular flexibility index (Phi) is 6.00. The lowest BCUT2D eigenvalue weighted by Gasteiger charge is -2.17. The molecule has 0 bridgehead atoms. The smallest absolute Gasteiger partial charge is 0.0252 e. The first-order valence-electron chi connectivity index (χ1n) is 6.60. The van der Waals surface area contributed by atoms with Crippen LogP contribution in [0.25, 0.3) is 0 Å². The molecule has 15 heavy (non-hydrogen) atoms. The monoisotopic (exact) mass is 209 g/mol. The Morgan fingerprint density at radius 2 is 2.00 bits per heavy atom. The molecular formula is C14H27N. The van der Waals surface area contributed by atoms with Gasteiger partial charge in [-0.3, -0.25) is 0 Å². The molecule has 1 atom stereocenters. The zero-order valence-corrected chi connectivity index (χ0v) is 10.7. The molecule has 0 amide bonds. The molecule has 1 aliphatic rings. The fourth-order valence-corrected chi connectivity index (χ4v) is 2.62. The molecule has 0 heterocycles. The van der Waals surface area contributed by atoms with Crippen molar-refractivity contribution in [3.05, 3.63) is 11.6 Å². The van der Waals surface area contributed by atoms with Crippen LogP contribution in [0, 0.1) is 5.92 Å². The van der Waals surface area contributed by atoms with Crippen molar-refractivity contribution in [1.82, 2.24) is 5.32 Å². The van der Waals surface area contributed by atoms with E-state index in [1.807, 2.05) is 0 Å². The first-order chi connectivity index (χ1) is 7.22. The minimum absolute atomic E-state index is 0.612. The van der Waals surface area contributed by atoms with Crippen molar-refractivity contribution in [2.45, 2.75) is 65.3 Å². The third-order valence-electron chi connectivity index (χ3n) is 3.36. The van der Waals surface area contributed by atoms with Crippen LogP contribution in [-0.2, 0) is 0 Å². The second kappa shape index (κ2) is 7.05. The van der Waals surface area contributed by atoms with Crippen LogP contribution in [0.2, 0.25) is 0 Å². The second-order valence-electron chi connectivity index (χ2n) is 5.14. The molecule has 1 nitrogen and oxygen atoms in total. The van der Waals surface area contributed by atoms with Crippen LogP contribution < -0.4 is 5.32 Å². The molecule has 0 saturated heterocycles. The Morgan fingerprint density at radius 3 is 2.53 bits per heavy atom. The van der Waals surface area contributed by atoms with E-state index in [4.69, 9.17) is 0 Å². The summed E-state index contributed by atoms with van der Waals surface area (Å²) in [6.07, 6.45) is 11.0. The minimum atomic E-state index is 0.612. The van der Waals surface area contributed by atoms with Gasteiger partial charge < -0.3 is 5.32 Å². The van der Waals surface area contributed by atoms with Gasteiger partial charge in [-0.1, -0.05) is 44.3 Å². The largest absolute Gasteiger partial charge is 0.311 e. The van der Waals surface area contributed by atoms with Crippen molar-refractivity contribution in [3.63, 3.8) is 0 Å². The molecule has 1 fully saturated rings. The molecule has 0 aliphatic heterocycles. The van der Waals surface area contributed by atoms with Gasteiger partial charge >= 0.3 is 0 Å². The summed E-state index contributed by atoms with van der Waals surface area (Å²) in [4.78, 5) is 0. The first-order valence-corrected chi connectivity index (χ1v) is 6.60. The third-order valence-corrected chi connectivity index (χ3v) is 3.36. The maximum absolute atomic E-state index is 3.56. The summed E-state index contributed by atoms with van der Waals surface area (Å²) in [5.74, 6) is 1.02. The van der Waals surface area contributed by atoms with Crippen LogP contribution in [0.4, 0.5) is 0 Å². The predicted octanol–water partition coefficient (Wildman–Crippen LogP) is 3.90. The van der Waals surface area contributed by atoms with Crippen LogP contribution in [0.15, 0.2) is 11.6 Å². The molecule has 1 rings (SSSR count). The summed E-state index contributed by atoms with van der Waals surface area (Å²) >= 11 is 0. The molecule has 0 aromatic heterocycles. The zero-order chi connectivity index (χ0) is 11.1. The molecule has 88 valence electrons. The summed E-state index contributed by atoms with van der Waals surface area (Å²) in [7, 11) is 0. The highest BCUT2D eigenvalue weighted by Crippen LogP contribution is 2.29. The van der Waals surface area contributed by atoms with E-state index in [1.165, 1.54) is 44.1 Å². The van der Waals surface area contributed by atoms with E-state index < -0.39 is 0 Å². The lowest BCUT2D eigenvalue weighted by molar-refractivity contribution is 0.442. The average molecular weight is 209 g/mol. The van der Waals surface area contributed by atoms with E-state index >= 15 is 0 Å². The fraction of sp³-hybridized carbons (Fsp3) is 0.857. The molecule has 1 aliphatic carbocycles. The van der Waals surface area contributed by atoms with Crippen molar-refractivity contribution in [2.24, 2.45) is 5.92 Å². The maximum Gasteiger partial charge on any atom is 0.0252 e. The van der Waals surface area contributed by atoms with Gasteiger partial charge in [0, 0.05) is 6.04 Å². The Balaban J connectivity index is 2.26. The molecule has 0 radical (unpaired) electrons. The van der Waals surface area contributed by atoms with Gasteiger partial charge in [-0.25, -0.2) is 0 Å². The Morgan fingerprint density at radius 1 is 1.33 bits per heavy atom. The lowest BCUT2D eigenvalue weighted by Crippen LogP contribution is -2.27. The second-order valence-corrected chi connectivity index (χ2v) is 5.14. The highest BCUT2D eigenvalue weighted by atomic mass is 14.9. The average Bonchev–Trinajstić information content (AvgIpc) is 2.66. The molecule has 0 aromatic rings. The number of rotatable bonds is 6. The van der Waals surface area contributed by atoms with Gasteiger partial charge in [-0.2, -0.15) is 0 Å². The number of likely N-dealkylation sites (N-methyl/N-ethyl adjacent to an activating group) is 1. The van der Waals surface area contributed by atoms with Crippen molar-refractivity contribution in [2.75, 3.05) is 6.54 Å². The van der Waals surface area contributed by atoms with Gasteiger partial charge in [0.25, 0.3) is 0 Å². The maximum atomic E-state index is 3.56. The summed E-state index contributed by atoms with van der Waals surface area (Å²) in [5, 5.41) is 3.56.